The largest absolute Gasteiger partial charge is 0.374 e. The first-order valence-electron chi connectivity index (χ1n) is 7.28. The predicted molar refractivity (Wildman–Crippen MR) is 84.1 cm³/mol. The van der Waals surface area contributed by atoms with Crippen molar-refractivity contribution in [2.24, 2.45) is 5.73 Å². The molecule has 0 aliphatic rings. The van der Waals surface area contributed by atoms with Crippen molar-refractivity contribution < 1.29 is 27.9 Å². The van der Waals surface area contributed by atoms with Crippen molar-refractivity contribution in [3.63, 3.8) is 0 Å². The molecule has 0 unspecified atom stereocenters. The second kappa shape index (κ2) is 10.5. The van der Waals surface area contributed by atoms with Gasteiger partial charge in [-0.1, -0.05) is 0 Å². The van der Waals surface area contributed by atoms with E-state index < -0.39 is 13.5 Å². The highest BCUT2D eigenvalue weighted by molar-refractivity contribution is 7.53. The Morgan fingerprint density at radius 3 is 2.43 bits per heavy atom. The van der Waals surface area contributed by atoms with Crippen LogP contribution in [0.1, 0.15) is 29.8 Å². The minimum atomic E-state index is -3.18. The van der Waals surface area contributed by atoms with Gasteiger partial charge in [-0.25, -0.2) is 0 Å². The third kappa shape index (κ3) is 7.67. The number of primary amides is 1. The van der Waals surface area contributed by atoms with Crippen LogP contribution in [0.4, 0.5) is 0 Å². The molecule has 23 heavy (non-hydrogen) atoms. The van der Waals surface area contributed by atoms with Crippen molar-refractivity contribution in [1.29, 1.82) is 0 Å². The molecule has 130 valence electrons. The van der Waals surface area contributed by atoms with Gasteiger partial charge in [-0.3, -0.25) is 14.3 Å². The van der Waals surface area contributed by atoms with Gasteiger partial charge in [0.25, 0.3) is 0 Å². The molecule has 0 atom stereocenters. The standard InChI is InChI=1S/C14H23N2O6P/c1-3-21-23(18,22-4-2)11-20-6-5-19-10-12-7-13(14(15)17)9-16-8-12/h7-9H,3-6,10-11H2,1-2H3,(H2,15,17). The molecule has 8 nitrogen and oxygen atoms in total. The Bertz CT molecular complexity index is 530. The number of hydrogen-bond acceptors (Lipinski definition) is 7. The number of pyridine rings is 1. The Kier molecular flexibility index (Phi) is 8.98. The summed E-state index contributed by atoms with van der Waals surface area (Å²) in [6.45, 7) is 4.87. The number of rotatable bonds is 12. The first-order chi connectivity index (χ1) is 11.0. The molecule has 9 heteroatoms. The summed E-state index contributed by atoms with van der Waals surface area (Å²) in [6.07, 6.45) is 2.87. The smallest absolute Gasteiger partial charge is 0.356 e. The van der Waals surface area contributed by atoms with Gasteiger partial charge in [-0.2, -0.15) is 0 Å². The van der Waals surface area contributed by atoms with Crippen LogP contribution in [0.2, 0.25) is 0 Å². The molecular formula is C14H23N2O6P. The van der Waals surface area contributed by atoms with E-state index in [4.69, 9.17) is 24.3 Å². The zero-order valence-corrected chi connectivity index (χ0v) is 14.3. The van der Waals surface area contributed by atoms with Crippen LogP contribution < -0.4 is 5.73 Å². The van der Waals surface area contributed by atoms with Crippen molar-refractivity contribution in [3.05, 3.63) is 29.6 Å². The van der Waals surface area contributed by atoms with Crippen molar-refractivity contribution in [2.75, 3.05) is 32.8 Å². The lowest BCUT2D eigenvalue weighted by atomic mass is 10.2. The van der Waals surface area contributed by atoms with E-state index in [2.05, 4.69) is 4.98 Å². The summed E-state index contributed by atoms with van der Waals surface area (Å²) >= 11 is 0. The molecule has 0 bridgehead atoms. The molecule has 0 aliphatic heterocycles. The predicted octanol–water partition coefficient (Wildman–Crippen LogP) is 1.94. The van der Waals surface area contributed by atoms with Gasteiger partial charge < -0.3 is 24.3 Å². The van der Waals surface area contributed by atoms with Gasteiger partial charge in [-0.15, -0.1) is 0 Å². The fourth-order valence-electron chi connectivity index (χ4n) is 1.69. The number of carbonyl (C=O) groups is 1. The molecule has 1 aromatic rings. The number of carbonyl (C=O) groups excluding carboxylic acids is 1. The zero-order valence-electron chi connectivity index (χ0n) is 13.4. The van der Waals surface area contributed by atoms with Crippen LogP contribution in [0.5, 0.6) is 0 Å². The second-order valence-electron chi connectivity index (χ2n) is 4.48. The van der Waals surface area contributed by atoms with E-state index in [0.29, 0.717) is 25.4 Å². The minimum absolute atomic E-state index is 0.114. The summed E-state index contributed by atoms with van der Waals surface area (Å²) in [5, 5.41) is 0. The molecule has 0 aliphatic carbocycles. The molecule has 0 saturated carbocycles. The summed E-state index contributed by atoms with van der Waals surface area (Å²) in [5.74, 6) is -0.537. The van der Waals surface area contributed by atoms with E-state index in [1.807, 2.05) is 0 Å². The summed E-state index contributed by atoms with van der Waals surface area (Å²) in [4.78, 5) is 15.0. The van der Waals surface area contributed by atoms with Crippen LogP contribution in [0.15, 0.2) is 18.5 Å². The number of nitrogens with zero attached hydrogens (tertiary/aromatic N) is 1. The fourth-order valence-corrected chi connectivity index (χ4v) is 3.05. The Morgan fingerprint density at radius 2 is 1.83 bits per heavy atom. The quantitative estimate of drug-likeness (QED) is 0.455. The van der Waals surface area contributed by atoms with Crippen LogP contribution in [0.3, 0.4) is 0 Å². The zero-order chi connectivity index (χ0) is 17.1. The summed E-state index contributed by atoms with van der Waals surface area (Å²) in [6, 6.07) is 1.62. The number of amides is 1. The van der Waals surface area contributed by atoms with Crippen molar-refractivity contribution in [2.45, 2.75) is 20.5 Å². The van der Waals surface area contributed by atoms with Crippen LogP contribution >= 0.6 is 7.60 Å². The minimum Gasteiger partial charge on any atom is -0.374 e. The normalized spacial score (nSPS) is 11.6. The van der Waals surface area contributed by atoms with Crippen LogP contribution in [-0.4, -0.2) is 43.7 Å². The number of ether oxygens (including phenoxy) is 2. The maximum Gasteiger partial charge on any atom is 0.356 e. The lowest BCUT2D eigenvalue weighted by Gasteiger charge is -2.16. The lowest BCUT2D eigenvalue weighted by Crippen LogP contribution is -2.12. The number of hydrogen-bond donors (Lipinski definition) is 1. The van der Waals surface area contributed by atoms with E-state index >= 15 is 0 Å². The van der Waals surface area contributed by atoms with Gasteiger partial charge >= 0.3 is 7.60 Å². The molecule has 1 amide bonds. The highest BCUT2D eigenvalue weighted by Gasteiger charge is 2.23. The maximum absolute atomic E-state index is 12.1. The van der Waals surface area contributed by atoms with Gasteiger partial charge in [-0.05, 0) is 25.5 Å². The molecule has 0 spiro atoms. The van der Waals surface area contributed by atoms with Crippen LogP contribution in [-0.2, 0) is 29.7 Å². The third-order valence-electron chi connectivity index (χ3n) is 2.62. The number of aromatic nitrogens is 1. The fraction of sp³-hybridized carbons (Fsp3) is 0.571. The SMILES string of the molecule is CCOP(=O)(COCCOCc1cncc(C(N)=O)c1)OCC. The molecule has 0 saturated heterocycles. The molecule has 0 fully saturated rings. The molecule has 1 rings (SSSR count). The number of nitrogens with two attached hydrogens (primary N) is 1. The average molecular weight is 346 g/mol. The van der Waals surface area contributed by atoms with Crippen molar-refractivity contribution in [1.82, 2.24) is 4.98 Å². The summed E-state index contributed by atoms with van der Waals surface area (Å²) in [5.41, 5.74) is 6.24. The third-order valence-corrected chi connectivity index (χ3v) is 4.42. The Labute approximate surface area is 135 Å². The van der Waals surface area contributed by atoms with Gasteiger partial charge in [0.15, 0.2) is 0 Å². The van der Waals surface area contributed by atoms with Gasteiger partial charge in [0.1, 0.15) is 6.35 Å². The molecule has 0 aromatic carbocycles. The monoisotopic (exact) mass is 346 g/mol. The molecule has 1 heterocycles. The molecular weight excluding hydrogens is 323 g/mol. The highest BCUT2D eigenvalue weighted by Crippen LogP contribution is 2.47. The van der Waals surface area contributed by atoms with Crippen LogP contribution in [0, 0.1) is 0 Å². The summed E-state index contributed by atoms with van der Waals surface area (Å²) in [7, 11) is -3.18. The Hall–Kier alpha value is -1.31. The molecule has 0 radical (unpaired) electrons. The Morgan fingerprint density at radius 1 is 1.17 bits per heavy atom. The molecule has 1 aromatic heterocycles. The van der Waals surface area contributed by atoms with Gasteiger partial charge in [0.05, 0.1) is 38.6 Å². The van der Waals surface area contributed by atoms with Gasteiger partial charge in [0, 0.05) is 12.4 Å². The highest BCUT2D eigenvalue weighted by atomic mass is 31.2. The average Bonchev–Trinajstić information content (AvgIpc) is 2.51. The van der Waals surface area contributed by atoms with E-state index in [1.165, 1.54) is 6.20 Å². The summed E-state index contributed by atoms with van der Waals surface area (Å²) < 4.78 is 33.0. The lowest BCUT2D eigenvalue weighted by molar-refractivity contribution is 0.0476. The van der Waals surface area contributed by atoms with Gasteiger partial charge in [0.2, 0.25) is 5.91 Å². The van der Waals surface area contributed by atoms with E-state index in [0.717, 1.165) is 5.56 Å². The van der Waals surface area contributed by atoms with Crippen LogP contribution in [0.25, 0.3) is 0 Å². The first-order valence-corrected chi connectivity index (χ1v) is 9.01. The Balaban J connectivity index is 2.26. The topological polar surface area (TPSA) is 110 Å². The van der Waals surface area contributed by atoms with E-state index in [-0.39, 0.29) is 19.6 Å². The van der Waals surface area contributed by atoms with Crippen molar-refractivity contribution in [3.8, 4) is 0 Å². The van der Waals surface area contributed by atoms with E-state index in [9.17, 15) is 9.36 Å². The van der Waals surface area contributed by atoms with Crippen molar-refractivity contribution >= 4 is 13.5 Å². The maximum atomic E-state index is 12.1. The molecule has 2 N–H and O–H groups in total. The second-order valence-corrected chi connectivity index (χ2v) is 6.48. The van der Waals surface area contributed by atoms with E-state index in [1.54, 1.807) is 26.1 Å². The first kappa shape index (κ1) is 19.7.